The van der Waals surface area contributed by atoms with Crippen LogP contribution < -0.4 is 5.32 Å². The van der Waals surface area contributed by atoms with E-state index in [9.17, 15) is 9.59 Å². The predicted octanol–water partition coefficient (Wildman–Crippen LogP) is 0.801. The fourth-order valence-electron chi connectivity index (χ4n) is 2.41. The number of hydrogen-bond donors (Lipinski definition) is 1. The zero-order valence-electron chi connectivity index (χ0n) is 13.6. The molecule has 0 radical (unpaired) electrons. The molecule has 1 N–H and O–H groups in total. The van der Waals surface area contributed by atoms with Crippen LogP contribution in [-0.2, 0) is 19.1 Å². The maximum atomic E-state index is 12.1. The second kappa shape index (κ2) is 9.00. The van der Waals surface area contributed by atoms with Crippen LogP contribution in [0.2, 0.25) is 0 Å². The van der Waals surface area contributed by atoms with Gasteiger partial charge < -0.3 is 19.7 Å². The number of nitrogens with zero attached hydrogens (tertiary/aromatic N) is 1. The number of carbonyl (C=O) groups excluding carboxylic acids is 2. The summed E-state index contributed by atoms with van der Waals surface area (Å²) in [7, 11) is 1.61. The molecule has 0 saturated carbocycles. The van der Waals surface area contributed by atoms with Crippen LogP contribution in [0.4, 0.5) is 0 Å². The van der Waals surface area contributed by atoms with Gasteiger partial charge in [0.05, 0.1) is 24.7 Å². The van der Waals surface area contributed by atoms with Gasteiger partial charge in [-0.3, -0.25) is 9.59 Å². The molecule has 122 valence electrons. The van der Waals surface area contributed by atoms with Crippen LogP contribution >= 0.6 is 0 Å². The van der Waals surface area contributed by atoms with E-state index in [0.717, 1.165) is 6.42 Å². The van der Waals surface area contributed by atoms with Crippen molar-refractivity contribution in [3.63, 3.8) is 0 Å². The van der Waals surface area contributed by atoms with Crippen molar-refractivity contribution in [2.75, 3.05) is 33.4 Å². The molecular formula is C15H28N2O4. The number of amides is 2. The highest BCUT2D eigenvalue weighted by Gasteiger charge is 2.36. The lowest BCUT2D eigenvalue weighted by molar-refractivity contribution is -0.130. The van der Waals surface area contributed by atoms with E-state index in [-0.39, 0.29) is 29.9 Å². The van der Waals surface area contributed by atoms with Gasteiger partial charge in [-0.1, -0.05) is 0 Å². The second-order valence-corrected chi connectivity index (χ2v) is 5.82. The van der Waals surface area contributed by atoms with Crippen LogP contribution in [0.5, 0.6) is 0 Å². The zero-order chi connectivity index (χ0) is 15.8. The van der Waals surface area contributed by atoms with E-state index in [1.54, 1.807) is 12.0 Å². The van der Waals surface area contributed by atoms with Crippen molar-refractivity contribution in [3.8, 4) is 0 Å². The third-order valence-electron chi connectivity index (χ3n) is 3.54. The van der Waals surface area contributed by atoms with E-state index in [1.807, 2.05) is 20.8 Å². The predicted molar refractivity (Wildman–Crippen MR) is 79.9 cm³/mol. The van der Waals surface area contributed by atoms with Crippen LogP contribution in [0.3, 0.4) is 0 Å². The molecule has 0 unspecified atom stereocenters. The average Bonchev–Trinajstić information content (AvgIpc) is 2.80. The lowest BCUT2D eigenvalue weighted by atomic mass is 10.1. The van der Waals surface area contributed by atoms with Crippen LogP contribution in [0, 0.1) is 5.92 Å². The number of hydrogen-bond acceptors (Lipinski definition) is 4. The molecule has 0 aromatic heterocycles. The first-order valence-corrected chi connectivity index (χ1v) is 7.63. The van der Waals surface area contributed by atoms with Gasteiger partial charge in [0.15, 0.2) is 0 Å². The Morgan fingerprint density at radius 1 is 1.43 bits per heavy atom. The van der Waals surface area contributed by atoms with Crippen molar-refractivity contribution >= 4 is 11.8 Å². The summed E-state index contributed by atoms with van der Waals surface area (Å²) in [6.45, 7) is 8.11. The van der Waals surface area contributed by atoms with Crippen molar-refractivity contribution in [2.45, 2.75) is 45.8 Å². The van der Waals surface area contributed by atoms with Gasteiger partial charge in [-0.2, -0.15) is 0 Å². The number of ether oxygens (including phenoxy) is 2. The second-order valence-electron chi connectivity index (χ2n) is 5.82. The van der Waals surface area contributed by atoms with Crippen LogP contribution in [0.15, 0.2) is 0 Å². The minimum absolute atomic E-state index is 0.0136. The number of nitrogens with one attached hydrogen (secondary N) is 1. The van der Waals surface area contributed by atoms with Gasteiger partial charge in [0.2, 0.25) is 11.8 Å². The molecular weight excluding hydrogens is 272 g/mol. The van der Waals surface area contributed by atoms with Crippen LogP contribution in [-0.4, -0.2) is 62.3 Å². The van der Waals surface area contributed by atoms with E-state index in [0.29, 0.717) is 32.7 Å². The highest BCUT2D eigenvalue weighted by atomic mass is 16.5. The molecule has 6 heteroatoms. The first-order chi connectivity index (χ1) is 9.95. The topological polar surface area (TPSA) is 67.9 Å². The molecule has 1 heterocycles. The van der Waals surface area contributed by atoms with Crippen LogP contribution in [0.1, 0.15) is 33.6 Å². The molecule has 2 amide bonds. The number of likely N-dealkylation sites (tertiary alicyclic amines) is 1. The highest BCUT2D eigenvalue weighted by Crippen LogP contribution is 2.20. The Morgan fingerprint density at radius 2 is 2.14 bits per heavy atom. The summed E-state index contributed by atoms with van der Waals surface area (Å²) in [6.07, 6.45) is 1.29. The summed E-state index contributed by atoms with van der Waals surface area (Å²) in [6, 6.07) is 0.0136. The van der Waals surface area contributed by atoms with Gasteiger partial charge in [0.25, 0.3) is 0 Å². The molecule has 1 saturated heterocycles. The molecule has 1 fully saturated rings. The largest absolute Gasteiger partial charge is 0.383 e. The van der Waals surface area contributed by atoms with Crippen molar-refractivity contribution < 1.29 is 19.1 Å². The Kier molecular flexibility index (Phi) is 7.67. The van der Waals surface area contributed by atoms with Gasteiger partial charge in [0, 0.05) is 33.2 Å². The maximum Gasteiger partial charge on any atom is 0.225 e. The smallest absolute Gasteiger partial charge is 0.225 e. The van der Waals surface area contributed by atoms with Gasteiger partial charge in [-0.05, 0) is 27.2 Å². The minimum atomic E-state index is -0.247. The lowest BCUT2D eigenvalue weighted by Crippen LogP contribution is -2.39. The van der Waals surface area contributed by atoms with Gasteiger partial charge in [-0.25, -0.2) is 0 Å². The highest BCUT2D eigenvalue weighted by molar-refractivity contribution is 5.89. The van der Waals surface area contributed by atoms with Gasteiger partial charge in [-0.15, -0.1) is 0 Å². The standard InChI is InChI=1S/C15H28N2O4/c1-11(2)21-7-5-6-16-15(19)13-8-14(18)17(9-13)12(3)10-20-4/h11-13H,5-10H2,1-4H3,(H,16,19)/t12-,13-/m1/s1. The van der Waals surface area contributed by atoms with Crippen LogP contribution in [0.25, 0.3) is 0 Å². The molecule has 0 aromatic rings. The van der Waals surface area contributed by atoms with Crippen molar-refractivity contribution in [3.05, 3.63) is 0 Å². The fourth-order valence-corrected chi connectivity index (χ4v) is 2.41. The lowest BCUT2D eigenvalue weighted by Gasteiger charge is -2.23. The Morgan fingerprint density at radius 3 is 2.76 bits per heavy atom. The Balaban J connectivity index is 2.28. The van der Waals surface area contributed by atoms with E-state index in [1.165, 1.54) is 0 Å². The third-order valence-corrected chi connectivity index (χ3v) is 3.54. The Hall–Kier alpha value is -1.14. The Bertz CT molecular complexity index is 347. The summed E-state index contributed by atoms with van der Waals surface area (Å²) in [5.74, 6) is -0.259. The maximum absolute atomic E-state index is 12.1. The first-order valence-electron chi connectivity index (χ1n) is 7.63. The molecule has 2 atom stereocenters. The SMILES string of the molecule is COC[C@@H](C)N1C[C@H](C(=O)NCCCOC(C)C)CC1=O. The molecule has 1 aliphatic heterocycles. The normalized spacial score (nSPS) is 20.1. The Labute approximate surface area is 127 Å². The molecule has 0 spiro atoms. The van der Waals surface area contributed by atoms with Gasteiger partial charge in [0.1, 0.15) is 0 Å². The molecule has 1 rings (SSSR count). The third kappa shape index (κ3) is 6.01. The van der Waals surface area contributed by atoms with Gasteiger partial charge >= 0.3 is 0 Å². The van der Waals surface area contributed by atoms with E-state index in [4.69, 9.17) is 9.47 Å². The van der Waals surface area contributed by atoms with E-state index >= 15 is 0 Å². The number of rotatable bonds is 9. The van der Waals surface area contributed by atoms with Crippen molar-refractivity contribution in [1.29, 1.82) is 0 Å². The molecule has 21 heavy (non-hydrogen) atoms. The molecule has 6 nitrogen and oxygen atoms in total. The monoisotopic (exact) mass is 300 g/mol. The number of carbonyl (C=O) groups is 2. The summed E-state index contributed by atoms with van der Waals surface area (Å²) >= 11 is 0. The fraction of sp³-hybridized carbons (Fsp3) is 0.867. The van der Waals surface area contributed by atoms with E-state index < -0.39 is 0 Å². The van der Waals surface area contributed by atoms with Crippen molar-refractivity contribution in [1.82, 2.24) is 10.2 Å². The number of methoxy groups -OCH3 is 1. The molecule has 1 aliphatic rings. The molecule has 0 bridgehead atoms. The summed E-state index contributed by atoms with van der Waals surface area (Å²) in [5.41, 5.74) is 0. The minimum Gasteiger partial charge on any atom is -0.383 e. The average molecular weight is 300 g/mol. The molecule has 0 aliphatic carbocycles. The molecule has 0 aromatic carbocycles. The summed E-state index contributed by atoms with van der Waals surface area (Å²) < 4.78 is 10.5. The quantitative estimate of drug-likeness (QED) is 0.640. The first kappa shape index (κ1) is 17.9. The van der Waals surface area contributed by atoms with E-state index in [2.05, 4.69) is 5.32 Å². The summed E-state index contributed by atoms with van der Waals surface area (Å²) in [5, 5.41) is 2.88. The zero-order valence-corrected chi connectivity index (χ0v) is 13.6. The van der Waals surface area contributed by atoms with Crippen molar-refractivity contribution in [2.24, 2.45) is 5.92 Å². The summed E-state index contributed by atoms with van der Waals surface area (Å²) in [4.78, 5) is 25.7.